The summed E-state index contributed by atoms with van der Waals surface area (Å²) in [5, 5.41) is 5.64. The zero-order valence-corrected chi connectivity index (χ0v) is 7.93. The lowest BCUT2D eigenvalue weighted by molar-refractivity contribution is -0.115. The molecule has 0 fully saturated rings. The topological polar surface area (TPSA) is 54.0 Å². The van der Waals surface area contributed by atoms with Gasteiger partial charge in [-0.15, -0.1) is 0 Å². The summed E-state index contributed by atoms with van der Waals surface area (Å²) in [6.45, 7) is 0.255. The standard InChI is InChI=1S/C8H10ClN3O/c1-10-5-7(13)12-6-3-2-4-11-8(6)9/h2-4,10H,5H2,1H3,(H,12,13). The normalized spacial score (nSPS) is 9.69. The highest BCUT2D eigenvalue weighted by atomic mass is 35.5. The maximum atomic E-state index is 11.1. The number of nitrogens with one attached hydrogen (secondary N) is 2. The molecule has 1 aromatic heterocycles. The van der Waals surface area contributed by atoms with E-state index in [2.05, 4.69) is 15.6 Å². The van der Waals surface area contributed by atoms with Crippen LogP contribution in [0.5, 0.6) is 0 Å². The van der Waals surface area contributed by atoms with Gasteiger partial charge in [-0.1, -0.05) is 11.6 Å². The molecule has 0 bridgehead atoms. The Morgan fingerprint density at radius 2 is 2.46 bits per heavy atom. The number of nitrogens with zero attached hydrogens (tertiary/aromatic N) is 1. The lowest BCUT2D eigenvalue weighted by Gasteiger charge is -2.04. The molecule has 0 aliphatic heterocycles. The van der Waals surface area contributed by atoms with Crippen LogP contribution in [0.25, 0.3) is 0 Å². The fourth-order valence-corrected chi connectivity index (χ4v) is 1.00. The number of amides is 1. The summed E-state index contributed by atoms with van der Waals surface area (Å²) < 4.78 is 0. The van der Waals surface area contributed by atoms with Crippen molar-refractivity contribution >= 4 is 23.2 Å². The molecule has 0 saturated heterocycles. The van der Waals surface area contributed by atoms with Gasteiger partial charge in [0.25, 0.3) is 0 Å². The molecule has 0 aromatic carbocycles. The Balaban J connectivity index is 2.63. The average Bonchev–Trinajstić information content (AvgIpc) is 2.09. The molecule has 0 aliphatic carbocycles. The molecule has 5 heteroatoms. The van der Waals surface area contributed by atoms with Crippen molar-refractivity contribution in [2.45, 2.75) is 0 Å². The number of rotatable bonds is 3. The second-order valence-corrected chi connectivity index (χ2v) is 2.78. The van der Waals surface area contributed by atoms with Gasteiger partial charge in [-0.3, -0.25) is 4.79 Å². The van der Waals surface area contributed by atoms with Crippen molar-refractivity contribution in [1.82, 2.24) is 10.3 Å². The van der Waals surface area contributed by atoms with Crippen LogP contribution >= 0.6 is 11.6 Å². The van der Waals surface area contributed by atoms with Gasteiger partial charge in [0.15, 0.2) is 5.15 Å². The first-order chi connectivity index (χ1) is 6.24. The van der Waals surface area contributed by atoms with E-state index in [4.69, 9.17) is 11.6 Å². The molecule has 70 valence electrons. The van der Waals surface area contributed by atoms with Crippen LogP contribution in [-0.2, 0) is 4.79 Å². The van der Waals surface area contributed by atoms with Crippen molar-refractivity contribution < 1.29 is 4.79 Å². The molecule has 0 saturated carbocycles. The monoisotopic (exact) mass is 199 g/mol. The van der Waals surface area contributed by atoms with Gasteiger partial charge < -0.3 is 10.6 Å². The van der Waals surface area contributed by atoms with E-state index in [0.717, 1.165) is 0 Å². The second-order valence-electron chi connectivity index (χ2n) is 2.42. The fourth-order valence-electron chi connectivity index (χ4n) is 0.834. The molecule has 1 rings (SSSR count). The van der Waals surface area contributed by atoms with E-state index < -0.39 is 0 Å². The van der Waals surface area contributed by atoms with E-state index in [9.17, 15) is 4.79 Å². The van der Waals surface area contributed by atoms with E-state index in [1.807, 2.05) is 0 Å². The Bertz CT molecular complexity index is 303. The summed E-state index contributed by atoms with van der Waals surface area (Å²) in [6, 6.07) is 3.41. The lowest BCUT2D eigenvalue weighted by Crippen LogP contribution is -2.25. The van der Waals surface area contributed by atoms with Gasteiger partial charge in [-0.2, -0.15) is 0 Å². The van der Waals surface area contributed by atoms with Gasteiger partial charge in [0.1, 0.15) is 0 Å². The molecule has 4 nitrogen and oxygen atoms in total. The van der Waals surface area contributed by atoms with Gasteiger partial charge in [0, 0.05) is 6.20 Å². The minimum atomic E-state index is -0.141. The van der Waals surface area contributed by atoms with Crippen molar-refractivity contribution in [2.24, 2.45) is 0 Å². The van der Waals surface area contributed by atoms with Crippen LogP contribution in [0.15, 0.2) is 18.3 Å². The molecule has 0 unspecified atom stereocenters. The Labute approximate surface area is 81.3 Å². The van der Waals surface area contributed by atoms with Gasteiger partial charge in [0.2, 0.25) is 5.91 Å². The van der Waals surface area contributed by atoms with Gasteiger partial charge in [-0.05, 0) is 19.2 Å². The fraction of sp³-hybridized carbons (Fsp3) is 0.250. The molecule has 0 atom stereocenters. The van der Waals surface area contributed by atoms with Gasteiger partial charge >= 0.3 is 0 Å². The van der Waals surface area contributed by atoms with Crippen LogP contribution in [0.4, 0.5) is 5.69 Å². The van der Waals surface area contributed by atoms with E-state index in [0.29, 0.717) is 10.8 Å². The summed E-state index contributed by atoms with van der Waals surface area (Å²) >= 11 is 5.72. The third kappa shape index (κ3) is 3.01. The Hall–Kier alpha value is -1.13. The van der Waals surface area contributed by atoms with E-state index >= 15 is 0 Å². The summed E-state index contributed by atoms with van der Waals surface area (Å²) in [4.78, 5) is 14.9. The molecule has 2 N–H and O–H groups in total. The predicted molar refractivity (Wildman–Crippen MR) is 51.8 cm³/mol. The number of carbonyl (C=O) groups is 1. The highest BCUT2D eigenvalue weighted by Crippen LogP contribution is 2.16. The van der Waals surface area contributed by atoms with Crippen molar-refractivity contribution in [1.29, 1.82) is 0 Å². The molecule has 1 aromatic rings. The van der Waals surface area contributed by atoms with Crippen LogP contribution < -0.4 is 10.6 Å². The third-order valence-corrected chi connectivity index (χ3v) is 1.67. The molecule has 13 heavy (non-hydrogen) atoms. The summed E-state index contributed by atoms with van der Waals surface area (Å²) in [7, 11) is 1.70. The number of likely N-dealkylation sites (N-methyl/N-ethyl adjacent to an activating group) is 1. The van der Waals surface area contributed by atoms with E-state index in [1.165, 1.54) is 0 Å². The van der Waals surface area contributed by atoms with Crippen LogP contribution in [0.3, 0.4) is 0 Å². The smallest absolute Gasteiger partial charge is 0.238 e. The number of pyridine rings is 1. The SMILES string of the molecule is CNCC(=O)Nc1cccnc1Cl. The Morgan fingerprint density at radius 1 is 1.69 bits per heavy atom. The quantitative estimate of drug-likeness (QED) is 0.711. The van der Waals surface area contributed by atoms with Crippen molar-refractivity contribution in [2.75, 3.05) is 18.9 Å². The highest BCUT2D eigenvalue weighted by Gasteiger charge is 2.03. The first-order valence-corrected chi connectivity index (χ1v) is 4.17. The minimum Gasteiger partial charge on any atom is -0.322 e. The van der Waals surface area contributed by atoms with Crippen LogP contribution in [0, 0.1) is 0 Å². The lowest BCUT2D eigenvalue weighted by atomic mass is 10.4. The largest absolute Gasteiger partial charge is 0.322 e. The van der Waals surface area contributed by atoms with Gasteiger partial charge in [-0.25, -0.2) is 4.98 Å². The molecule has 0 spiro atoms. The molecular weight excluding hydrogens is 190 g/mol. The first-order valence-electron chi connectivity index (χ1n) is 3.79. The third-order valence-electron chi connectivity index (χ3n) is 1.37. The zero-order chi connectivity index (χ0) is 9.68. The first kappa shape index (κ1) is 9.95. The number of aromatic nitrogens is 1. The van der Waals surface area contributed by atoms with Gasteiger partial charge in [0.05, 0.1) is 12.2 Å². The molecular formula is C8H10ClN3O. The molecule has 1 amide bonds. The number of hydrogen-bond donors (Lipinski definition) is 2. The Morgan fingerprint density at radius 3 is 3.08 bits per heavy atom. The van der Waals surface area contributed by atoms with Crippen LogP contribution in [0.1, 0.15) is 0 Å². The van der Waals surface area contributed by atoms with Crippen molar-refractivity contribution in [3.8, 4) is 0 Å². The summed E-state index contributed by atoms with van der Waals surface area (Å²) in [5.74, 6) is -0.141. The number of carbonyl (C=O) groups excluding carboxylic acids is 1. The maximum Gasteiger partial charge on any atom is 0.238 e. The second kappa shape index (κ2) is 4.79. The Kier molecular flexibility index (Phi) is 3.67. The van der Waals surface area contributed by atoms with E-state index in [-0.39, 0.29) is 12.5 Å². The maximum absolute atomic E-state index is 11.1. The van der Waals surface area contributed by atoms with Crippen LogP contribution in [0.2, 0.25) is 5.15 Å². The predicted octanol–water partition coefficient (Wildman–Crippen LogP) is 0.893. The number of anilines is 1. The summed E-state index contributed by atoms with van der Waals surface area (Å²) in [6.07, 6.45) is 1.57. The highest BCUT2D eigenvalue weighted by molar-refractivity contribution is 6.32. The molecule has 1 heterocycles. The average molecular weight is 200 g/mol. The van der Waals surface area contributed by atoms with Crippen molar-refractivity contribution in [3.05, 3.63) is 23.5 Å². The number of hydrogen-bond acceptors (Lipinski definition) is 3. The van der Waals surface area contributed by atoms with Crippen molar-refractivity contribution in [3.63, 3.8) is 0 Å². The molecule has 0 radical (unpaired) electrons. The summed E-state index contributed by atoms with van der Waals surface area (Å²) in [5.41, 5.74) is 0.532. The molecule has 0 aliphatic rings. The minimum absolute atomic E-state index is 0.141. The zero-order valence-electron chi connectivity index (χ0n) is 7.17. The number of halogens is 1. The van der Waals surface area contributed by atoms with Crippen LogP contribution in [-0.4, -0.2) is 24.5 Å². The van der Waals surface area contributed by atoms with E-state index in [1.54, 1.807) is 25.4 Å².